The van der Waals surface area contributed by atoms with Crippen molar-refractivity contribution in [1.82, 2.24) is 15.1 Å². The minimum Gasteiger partial charge on any atom is -0.457 e. The van der Waals surface area contributed by atoms with E-state index in [9.17, 15) is 18.0 Å². The first kappa shape index (κ1) is 21.8. The number of piperidine rings is 1. The fourth-order valence-corrected chi connectivity index (χ4v) is 3.78. The second-order valence-electron chi connectivity index (χ2n) is 7.79. The first-order valence-electron chi connectivity index (χ1n) is 10.3. The van der Waals surface area contributed by atoms with E-state index >= 15 is 0 Å². The van der Waals surface area contributed by atoms with Crippen LogP contribution in [0.4, 0.5) is 13.2 Å². The number of carbonyl (C=O) groups excluding carboxylic acids is 1. The summed E-state index contributed by atoms with van der Waals surface area (Å²) in [5.74, 6) is -0.287. The van der Waals surface area contributed by atoms with Gasteiger partial charge in [-0.25, -0.2) is 0 Å². The van der Waals surface area contributed by atoms with E-state index in [1.807, 2.05) is 19.1 Å². The molecule has 1 saturated heterocycles. The summed E-state index contributed by atoms with van der Waals surface area (Å²) in [6, 6.07) is 15.5. The Bertz CT molecular complexity index is 1080. The first-order chi connectivity index (χ1) is 15.3. The third-order valence-electron chi connectivity index (χ3n) is 5.52. The molecule has 0 unspecified atom stereocenters. The Labute approximate surface area is 183 Å². The molecule has 5 nitrogen and oxygen atoms in total. The Kier molecular flexibility index (Phi) is 6.12. The largest absolute Gasteiger partial charge is 0.457 e. The molecule has 0 radical (unpaired) electrons. The number of nitrogens with zero attached hydrogens (tertiary/aromatic N) is 3. The standard InChI is InChI=1S/C24H22F3N3O2/c1-16-7-9-21(29-28-16)17-11-13-30(14-12-17)23(31)18-8-10-22(20(15-18)24(25,26)27)32-19-5-3-2-4-6-19/h2-10,15,17H,11-14H2,1H3. The van der Waals surface area contributed by atoms with E-state index in [1.165, 1.54) is 12.1 Å². The van der Waals surface area contributed by atoms with E-state index in [4.69, 9.17) is 4.74 Å². The van der Waals surface area contributed by atoms with Gasteiger partial charge in [-0.1, -0.05) is 18.2 Å². The van der Waals surface area contributed by atoms with Crippen LogP contribution in [0.5, 0.6) is 11.5 Å². The van der Waals surface area contributed by atoms with Gasteiger partial charge in [0.05, 0.1) is 17.0 Å². The topological polar surface area (TPSA) is 55.3 Å². The van der Waals surface area contributed by atoms with Gasteiger partial charge in [-0.2, -0.15) is 23.4 Å². The zero-order valence-electron chi connectivity index (χ0n) is 17.5. The van der Waals surface area contributed by atoms with Crippen LogP contribution in [-0.4, -0.2) is 34.1 Å². The zero-order chi connectivity index (χ0) is 22.7. The fourth-order valence-electron chi connectivity index (χ4n) is 3.78. The predicted molar refractivity (Wildman–Crippen MR) is 113 cm³/mol. The van der Waals surface area contributed by atoms with Crippen LogP contribution < -0.4 is 4.74 Å². The average molecular weight is 441 g/mol. The number of hydrogen-bond donors (Lipinski definition) is 0. The molecule has 4 rings (SSSR count). The minimum absolute atomic E-state index is 0.00804. The molecule has 0 saturated carbocycles. The van der Waals surface area contributed by atoms with Crippen LogP contribution in [0.15, 0.2) is 60.7 Å². The minimum atomic E-state index is -4.66. The molecule has 1 aromatic heterocycles. The number of hydrogen-bond acceptors (Lipinski definition) is 4. The number of amides is 1. The highest BCUT2D eigenvalue weighted by molar-refractivity contribution is 5.94. The van der Waals surface area contributed by atoms with Gasteiger partial charge < -0.3 is 9.64 Å². The van der Waals surface area contributed by atoms with E-state index in [0.717, 1.165) is 17.5 Å². The lowest BCUT2D eigenvalue weighted by Gasteiger charge is -2.31. The Balaban J connectivity index is 1.49. The lowest BCUT2D eigenvalue weighted by molar-refractivity contribution is -0.138. The molecule has 1 amide bonds. The van der Waals surface area contributed by atoms with Gasteiger partial charge in [-0.05, 0) is 62.2 Å². The van der Waals surface area contributed by atoms with Gasteiger partial charge in [0.2, 0.25) is 0 Å². The van der Waals surface area contributed by atoms with Gasteiger partial charge in [0, 0.05) is 24.6 Å². The fraction of sp³-hybridized carbons (Fsp3) is 0.292. The Morgan fingerprint density at radius 2 is 1.72 bits per heavy atom. The molecular weight excluding hydrogens is 419 g/mol. The number of likely N-dealkylation sites (tertiary alicyclic amines) is 1. The lowest BCUT2D eigenvalue weighted by Crippen LogP contribution is -2.38. The van der Waals surface area contributed by atoms with Crippen molar-refractivity contribution in [3.63, 3.8) is 0 Å². The van der Waals surface area contributed by atoms with E-state index in [2.05, 4.69) is 10.2 Å². The third kappa shape index (κ3) is 4.90. The van der Waals surface area contributed by atoms with Gasteiger partial charge >= 0.3 is 6.18 Å². The summed E-state index contributed by atoms with van der Waals surface area (Å²) >= 11 is 0. The Morgan fingerprint density at radius 3 is 2.34 bits per heavy atom. The molecule has 3 aromatic rings. The highest BCUT2D eigenvalue weighted by Gasteiger charge is 2.36. The maximum atomic E-state index is 13.7. The Hall–Kier alpha value is -3.42. The van der Waals surface area contributed by atoms with Gasteiger partial charge in [0.25, 0.3) is 5.91 Å². The van der Waals surface area contributed by atoms with Crippen LogP contribution in [-0.2, 0) is 6.18 Å². The van der Waals surface area contributed by atoms with Crippen LogP contribution in [0.25, 0.3) is 0 Å². The third-order valence-corrected chi connectivity index (χ3v) is 5.52. The van der Waals surface area contributed by atoms with E-state index in [-0.39, 0.29) is 17.2 Å². The van der Waals surface area contributed by atoms with E-state index in [1.54, 1.807) is 35.2 Å². The molecule has 1 fully saturated rings. The van der Waals surface area contributed by atoms with E-state index in [0.29, 0.717) is 31.7 Å². The van der Waals surface area contributed by atoms with Gasteiger partial charge in [0.15, 0.2) is 0 Å². The van der Waals surface area contributed by atoms with Crippen molar-refractivity contribution < 1.29 is 22.7 Å². The molecule has 0 bridgehead atoms. The van der Waals surface area contributed by atoms with Crippen molar-refractivity contribution in [2.45, 2.75) is 31.9 Å². The van der Waals surface area contributed by atoms with Crippen LogP contribution in [0.1, 0.15) is 46.1 Å². The van der Waals surface area contributed by atoms with Crippen LogP contribution in [0, 0.1) is 6.92 Å². The normalized spacial score (nSPS) is 14.9. The van der Waals surface area contributed by atoms with Gasteiger partial charge in [-0.15, -0.1) is 0 Å². The molecule has 1 aliphatic rings. The SMILES string of the molecule is Cc1ccc(C2CCN(C(=O)c3ccc(Oc4ccccc4)c(C(F)(F)F)c3)CC2)nn1. The quantitative estimate of drug-likeness (QED) is 0.528. The van der Waals surface area contributed by atoms with Crippen LogP contribution in [0.3, 0.4) is 0 Å². The smallest absolute Gasteiger partial charge is 0.420 e. The summed E-state index contributed by atoms with van der Waals surface area (Å²) in [5, 5.41) is 8.30. The summed E-state index contributed by atoms with van der Waals surface area (Å²) in [7, 11) is 0. The van der Waals surface area contributed by atoms with Crippen LogP contribution >= 0.6 is 0 Å². The zero-order valence-corrected chi connectivity index (χ0v) is 17.5. The van der Waals surface area contributed by atoms with Crippen LogP contribution in [0.2, 0.25) is 0 Å². The van der Waals surface area contributed by atoms with Crippen molar-refractivity contribution in [1.29, 1.82) is 0 Å². The highest BCUT2D eigenvalue weighted by atomic mass is 19.4. The molecule has 8 heteroatoms. The second-order valence-corrected chi connectivity index (χ2v) is 7.79. The number of benzene rings is 2. The number of para-hydroxylation sites is 1. The van der Waals surface area contributed by atoms with Gasteiger partial charge in [0.1, 0.15) is 11.5 Å². The maximum Gasteiger partial charge on any atom is 0.420 e. The molecule has 0 N–H and O–H groups in total. The highest BCUT2D eigenvalue weighted by Crippen LogP contribution is 2.39. The molecule has 2 heterocycles. The molecule has 0 spiro atoms. The maximum absolute atomic E-state index is 13.7. The summed E-state index contributed by atoms with van der Waals surface area (Å²) < 4.78 is 46.5. The lowest BCUT2D eigenvalue weighted by atomic mass is 9.93. The molecule has 166 valence electrons. The number of ether oxygens (including phenoxy) is 1. The molecular formula is C24H22F3N3O2. The summed E-state index contributed by atoms with van der Waals surface area (Å²) in [4.78, 5) is 14.5. The van der Waals surface area contributed by atoms with E-state index < -0.39 is 17.6 Å². The molecule has 1 aliphatic heterocycles. The van der Waals surface area contributed by atoms with Crippen molar-refractivity contribution in [3.8, 4) is 11.5 Å². The molecule has 0 atom stereocenters. The predicted octanol–water partition coefficient (Wildman–Crippen LogP) is 5.62. The number of carbonyl (C=O) groups is 1. The number of rotatable bonds is 4. The molecule has 32 heavy (non-hydrogen) atoms. The van der Waals surface area contributed by atoms with Gasteiger partial charge in [-0.3, -0.25) is 4.79 Å². The summed E-state index contributed by atoms with van der Waals surface area (Å²) in [5.41, 5.74) is 0.731. The summed E-state index contributed by atoms with van der Waals surface area (Å²) in [6.45, 7) is 2.76. The number of alkyl halides is 3. The van der Waals surface area contributed by atoms with Crippen molar-refractivity contribution >= 4 is 5.91 Å². The van der Waals surface area contributed by atoms with Crippen molar-refractivity contribution in [2.75, 3.05) is 13.1 Å². The monoisotopic (exact) mass is 441 g/mol. The summed E-state index contributed by atoms with van der Waals surface area (Å²) in [6.07, 6.45) is -3.28. The molecule has 0 aliphatic carbocycles. The molecule has 2 aromatic carbocycles. The first-order valence-corrected chi connectivity index (χ1v) is 10.3. The van der Waals surface area contributed by atoms with Crippen molar-refractivity contribution in [3.05, 3.63) is 83.2 Å². The number of aromatic nitrogens is 2. The van der Waals surface area contributed by atoms with Crippen molar-refractivity contribution in [2.24, 2.45) is 0 Å². The number of halogens is 3. The second kappa shape index (κ2) is 8.98. The number of aryl methyl sites for hydroxylation is 1. The Morgan fingerprint density at radius 1 is 1.00 bits per heavy atom. The average Bonchev–Trinajstić information content (AvgIpc) is 2.79.